The lowest BCUT2D eigenvalue weighted by Gasteiger charge is -2.26. The van der Waals surface area contributed by atoms with Crippen molar-refractivity contribution in [1.82, 2.24) is 9.97 Å². The first kappa shape index (κ1) is 13.3. The van der Waals surface area contributed by atoms with E-state index in [-0.39, 0.29) is 12.0 Å². The average molecular weight is 276 g/mol. The van der Waals surface area contributed by atoms with Gasteiger partial charge in [0.2, 0.25) is 5.95 Å². The molecule has 2 aliphatic rings. The SMILES string of the molecule is O=C(Nc1cnc(N2CCCCC2)nc1)C1CCCO1. The van der Waals surface area contributed by atoms with Gasteiger partial charge in [0.05, 0.1) is 18.1 Å². The van der Waals surface area contributed by atoms with Crippen LogP contribution in [0.4, 0.5) is 11.6 Å². The van der Waals surface area contributed by atoms with Crippen LogP contribution in [0.2, 0.25) is 0 Å². The number of nitrogens with zero attached hydrogens (tertiary/aromatic N) is 3. The molecule has 1 atom stereocenters. The Balaban J connectivity index is 1.59. The van der Waals surface area contributed by atoms with E-state index in [0.717, 1.165) is 31.9 Å². The number of hydrogen-bond acceptors (Lipinski definition) is 5. The molecule has 1 aromatic rings. The second kappa shape index (κ2) is 6.17. The number of hydrogen-bond donors (Lipinski definition) is 1. The molecule has 2 fully saturated rings. The minimum Gasteiger partial charge on any atom is -0.368 e. The molecular formula is C14H20N4O2. The lowest BCUT2D eigenvalue weighted by atomic mass is 10.1. The van der Waals surface area contributed by atoms with Crippen LogP contribution >= 0.6 is 0 Å². The first-order valence-electron chi connectivity index (χ1n) is 7.32. The van der Waals surface area contributed by atoms with E-state index in [1.807, 2.05) is 0 Å². The first-order chi connectivity index (χ1) is 9.83. The number of anilines is 2. The minimum atomic E-state index is -0.322. The summed E-state index contributed by atoms with van der Waals surface area (Å²) in [6.45, 7) is 2.70. The summed E-state index contributed by atoms with van der Waals surface area (Å²) in [6, 6.07) is 0. The Morgan fingerprint density at radius 2 is 1.95 bits per heavy atom. The average Bonchev–Trinajstić information content (AvgIpc) is 3.03. The highest BCUT2D eigenvalue weighted by Crippen LogP contribution is 2.17. The Morgan fingerprint density at radius 1 is 1.20 bits per heavy atom. The molecule has 1 N–H and O–H groups in total. The van der Waals surface area contributed by atoms with Crippen molar-refractivity contribution in [3.8, 4) is 0 Å². The molecule has 1 amide bonds. The van der Waals surface area contributed by atoms with Crippen LogP contribution in [0.25, 0.3) is 0 Å². The van der Waals surface area contributed by atoms with E-state index in [1.165, 1.54) is 19.3 Å². The van der Waals surface area contributed by atoms with Crippen LogP contribution in [0.15, 0.2) is 12.4 Å². The lowest BCUT2D eigenvalue weighted by molar-refractivity contribution is -0.124. The summed E-state index contributed by atoms with van der Waals surface area (Å²) < 4.78 is 5.34. The van der Waals surface area contributed by atoms with E-state index in [0.29, 0.717) is 12.3 Å². The molecule has 3 heterocycles. The predicted octanol–water partition coefficient (Wildman–Crippen LogP) is 1.58. The molecule has 0 bridgehead atoms. The molecule has 108 valence electrons. The minimum absolute atomic E-state index is 0.100. The van der Waals surface area contributed by atoms with Crippen LogP contribution in [0.5, 0.6) is 0 Å². The topological polar surface area (TPSA) is 67.4 Å². The van der Waals surface area contributed by atoms with Gasteiger partial charge >= 0.3 is 0 Å². The Kier molecular flexibility index (Phi) is 4.11. The van der Waals surface area contributed by atoms with Gasteiger partial charge in [-0.05, 0) is 32.1 Å². The van der Waals surface area contributed by atoms with E-state index in [1.54, 1.807) is 12.4 Å². The summed E-state index contributed by atoms with van der Waals surface area (Å²) in [5, 5.41) is 2.81. The van der Waals surface area contributed by atoms with Crippen LogP contribution in [-0.4, -0.2) is 41.7 Å². The molecule has 0 saturated carbocycles. The molecule has 1 unspecified atom stereocenters. The Hall–Kier alpha value is -1.69. The maximum atomic E-state index is 11.9. The predicted molar refractivity (Wildman–Crippen MR) is 75.7 cm³/mol. The van der Waals surface area contributed by atoms with Gasteiger partial charge in [-0.1, -0.05) is 0 Å². The third kappa shape index (κ3) is 3.07. The molecule has 3 rings (SSSR count). The van der Waals surface area contributed by atoms with Crippen molar-refractivity contribution in [3.05, 3.63) is 12.4 Å². The van der Waals surface area contributed by atoms with Gasteiger partial charge in [-0.25, -0.2) is 9.97 Å². The summed E-state index contributed by atoms with van der Waals surface area (Å²) in [5.74, 6) is 0.650. The monoisotopic (exact) mass is 276 g/mol. The fourth-order valence-corrected chi connectivity index (χ4v) is 2.65. The van der Waals surface area contributed by atoms with Crippen molar-refractivity contribution in [1.29, 1.82) is 0 Å². The number of nitrogens with one attached hydrogen (secondary N) is 1. The summed E-state index contributed by atoms with van der Waals surface area (Å²) in [7, 11) is 0. The van der Waals surface area contributed by atoms with Crippen molar-refractivity contribution >= 4 is 17.5 Å². The zero-order valence-electron chi connectivity index (χ0n) is 11.5. The smallest absolute Gasteiger partial charge is 0.253 e. The third-order valence-corrected chi connectivity index (χ3v) is 3.77. The van der Waals surface area contributed by atoms with Gasteiger partial charge in [-0.2, -0.15) is 0 Å². The fourth-order valence-electron chi connectivity index (χ4n) is 2.65. The van der Waals surface area contributed by atoms with Crippen LogP contribution in [0.1, 0.15) is 32.1 Å². The lowest BCUT2D eigenvalue weighted by Crippen LogP contribution is -2.31. The quantitative estimate of drug-likeness (QED) is 0.908. The Morgan fingerprint density at radius 3 is 2.60 bits per heavy atom. The number of carbonyl (C=O) groups is 1. The Bertz CT molecular complexity index is 451. The highest BCUT2D eigenvalue weighted by molar-refractivity contribution is 5.94. The molecule has 2 saturated heterocycles. The van der Waals surface area contributed by atoms with Gasteiger partial charge in [-0.15, -0.1) is 0 Å². The van der Waals surface area contributed by atoms with Crippen molar-refractivity contribution in [3.63, 3.8) is 0 Å². The number of amides is 1. The molecule has 2 aliphatic heterocycles. The maximum absolute atomic E-state index is 11.9. The number of ether oxygens (including phenoxy) is 1. The van der Waals surface area contributed by atoms with Crippen molar-refractivity contribution in [2.75, 3.05) is 29.9 Å². The van der Waals surface area contributed by atoms with Crippen LogP contribution < -0.4 is 10.2 Å². The maximum Gasteiger partial charge on any atom is 0.253 e. The molecule has 6 heteroatoms. The third-order valence-electron chi connectivity index (χ3n) is 3.77. The molecule has 6 nitrogen and oxygen atoms in total. The number of piperidine rings is 1. The van der Waals surface area contributed by atoms with Gasteiger partial charge in [-0.3, -0.25) is 4.79 Å². The normalized spacial score (nSPS) is 22.8. The van der Waals surface area contributed by atoms with Crippen molar-refractivity contribution in [2.24, 2.45) is 0 Å². The zero-order valence-corrected chi connectivity index (χ0v) is 11.5. The second-order valence-corrected chi connectivity index (χ2v) is 5.31. The van der Waals surface area contributed by atoms with E-state index < -0.39 is 0 Å². The number of rotatable bonds is 3. The van der Waals surface area contributed by atoms with Gasteiger partial charge in [0, 0.05) is 19.7 Å². The summed E-state index contributed by atoms with van der Waals surface area (Å²) >= 11 is 0. The molecular weight excluding hydrogens is 256 g/mol. The van der Waals surface area contributed by atoms with Crippen molar-refractivity contribution in [2.45, 2.75) is 38.2 Å². The summed E-state index contributed by atoms with van der Waals surface area (Å²) in [4.78, 5) is 22.8. The molecule has 0 spiro atoms. The van der Waals surface area contributed by atoms with E-state index in [9.17, 15) is 4.79 Å². The summed E-state index contributed by atoms with van der Waals surface area (Å²) in [6.07, 6.45) is 8.43. The molecule has 0 aromatic carbocycles. The largest absolute Gasteiger partial charge is 0.368 e. The highest BCUT2D eigenvalue weighted by Gasteiger charge is 2.23. The number of aromatic nitrogens is 2. The van der Waals surface area contributed by atoms with Crippen LogP contribution in [0.3, 0.4) is 0 Å². The van der Waals surface area contributed by atoms with E-state index in [2.05, 4.69) is 20.2 Å². The molecule has 0 aliphatic carbocycles. The van der Waals surface area contributed by atoms with Gasteiger partial charge in [0.25, 0.3) is 5.91 Å². The zero-order chi connectivity index (χ0) is 13.8. The van der Waals surface area contributed by atoms with E-state index in [4.69, 9.17) is 4.74 Å². The standard InChI is InChI=1S/C14H20N4O2/c19-13(12-5-4-8-20-12)17-11-9-15-14(16-10-11)18-6-2-1-3-7-18/h9-10,12H,1-8H2,(H,17,19). The van der Waals surface area contributed by atoms with Crippen LogP contribution in [0, 0.1) is 0 Å². The summed E-state index contributed by atoms with van der Waals surface area (Å²) in [5.41, 5.74) is 0.631. The van der Waals surface area contributed by atoms with Gasteiger partial charge in [0.15, 0.2) is 0 Å². The highest BCUT2D eigenvalue weighted by atomic mass is 16.5. The second-order valence-electron chi connectivity index (χ2n) is 5.31. The first-order valence-corrected chi connectivity index (χ1v) is 7.32. The molecule has 1 aromatic heterocycles. The fraction of sp³-hybridized carbons (Fsp3) is 0.643. The Labute approximate surface area is 118 Å². The van der Waals surface area contributed by atoms with E-state index >= 15 is 0 Å². The molecule has 20 heavy (non-hydrogen) atoms. The van der Waals surface area contributed by atoms with Gasteiger partial charge in [0.1, 0.15) is 6.10 Å². The number of carbonyl (C=O) groups excluding carboxylic acids is 1. The molecule has 0 radical (unpaired) electrons. The van der Waals surface area contributed by atoms with Gasteiger partial charge < -0.3 is 15.0 Å². The van der Waals surface area contributed by atoms with Crippen LogP contribution in [-0.2, 0) is 9.53 Å². The van der Waals surface area contributed by atoms with Crippen molar-refractivity contribution < 1.29 is 9.53 Å².